The first-order valence-electron chi connectivity index (χ1n) is 2.98. The van der Waals surface area contributed by atoms with Gasteiger partial charge in [0.15, 0.2) is 0 Å². The summed E-state index contributed by atoms with van der Waals surface area (Å²) in [7, 11) is 3.96. The third kappa shape index (κ3) is 3.69. The van der Waals surface area contributed by atoms with E-state index in [1.165, 1.54) is 0 Å². The molecule has 1 heterocycles. The third-order valence-corrected chi connectivity index (χ3v) is 0.856. The van der Waals surface area contributed by atoms with Crippen LogP contribution in [-0.4, -0.2) is 35.3 Å². The molecule has 62 valence electrons. The van der Waals surface area contributed by atoms with E-state index >= 15 is 0 Å². The number of nitrogens with one attached hydrogen (secondary N) is 1. The van der Waals surface area contributed by atoms with Crippen LogP contribution in [0.4, 0.5) is 0 Å². The SMILES string of the molecule is C[NH+](C)/C=N/n1cnnc1.[Cl-]. The van der Waals surface area contributed by atoms with E-state index in [4.69, 9.17) is 0 Å². The van der Waals surface area contributed by atoms with Gasteiger partial charge < -0.3 is 12.4 Å². The van der Waals surface area contributed by atoms with Crippen molar-refractivity contribution in [1.29, 1.82) is 0 Å². The number of halogens is 1. The lowest BCUT2D eigenvalue weighted by Crippen LogP contribution is -3.04. The van der Waals surface area contributed by atoms with E-state index in [0.29, 0.717) is 0 Å². The zero-order valence-electron chi connectivity index (χ0n) is 6.40. The fourth-order valence-corrected chi connectivity index (χ4v) is 0.437. The van der Waals surface area contributed by atoms with Gasteiger partial charge in [0, 0.05) is 0 Å². The predicted molar refractivity (Wildman–Crippen MR) is 36.7 cm³/mol. The maximum atomic E-state index is 4.00. The van der Waals surface area contributed by atoms with E-state index in [9.17, 15) is 0 Å². The minimum absolute atomic E-state index is 0. The molecular weight excluding hydrogens is 166 g/mol. The second-order valence-electron chi connectivity index (χ2n) is 2.16. The fraction of sp³-hybridized carbons (Fsp3) is 0.400. The van der Waals surface area contributed by atoms with Crippen molar-refractivity contribution < 1.29 is 17.3 Å². The van der Waals surface area contributed by atoms with Crippen molar-refractivity contribution in [3.05, 3.63) is 12.7 Å². The molecule has 0 amide bonds. The fourth-order valence-electron chi connectivity index (χ4n) is 0.437. The second-order valence-corrected chi connectivity index (χ2v) is 2.16. The smallest absolute Gasteiger partial charge is 0.206 e. The Balaban J connectivity index is 0.000001000. The summed E-state index contributed by atoms with van der Waals surface area (Å²) in [5.74, 6) is 0. The summed E-state index contributed by atoms with van der Waals surface area (Å²) in [5, 5.41) is 11.2. The highest BCUT2D eigenvalue weighted by Crippen LogP contribution is 1.75. The van der Waals surface area contributed by atoms with E-state index < -0.39 is 0 Å². The number of hydrogen-bond acceptors (Lipinski definition) is 3. The van der Waals surface area contributed by atoms with Gasteiger partial charge in [0.25, 0.3) is 0 Å². The van der Waals surface area contributed by atoms with Crippen LogP contribution in [0, 0.1) is 0 Å². The molecule has 1 aromatic heterocycles. The van der Waals surface area contributed by atoms with Gasteiger partial charge in [-0.15, -0.1) is 15.3 Å². The van der Waals surface area contributed by atoms with Gasteiger partial charge in [-0.1, -0.05) is 0 Å². The highest BCUT2D eigenvalue weighted by molar-refractivity contribution is 5.42. The van der Waals surface area contributed by atoms with Crippen LogP contribution in [0.15, 0.2) is 17.8 Å². The van der Waals surface area contributed by atoms with Crippen LogP contribution in [0.1, 0.15) is 0 Å². The molecule has 0 fully saturated rings. The number of rotatable bonds is 2. The zero-order chi connectivity index (χ0) is 7.40. The molecule has 0 aliphatic carbocycles. The lowest BCUT2D eigenvalue weighted by Gasteiger charge is -1.94. The Morgan fingerprint density at radius 2 is 1.91 bits per heavy atom. The molecule has 0 atom stereocenters. The largest absolute Gasteiger partial charge is 1.00 e. The van der Waals surface area contributed by atoms with Crippen molar-refractivity contribution >= 4 is 6.34 Å². The topological polar surface area (TPSA) is 47.5 Å². The Labute approximate surface area is 71.1 Å². The maximum absolute atomic E-state index is 4.00. The molecule has 0 aliphatic heterocycles. The summed E-state index contributed by atoms with van der Waals surface area (Å²) in [6.45, 7) is 0. The van der Waals surface area contributed by atoms with Crippen LogP contribution in [0.3, 0.4) is 0 Å². The summed E-state index contributed by atoms with van der Waals surface area (Å²) in [6, 6.07) is 0. The normalized spacial score (nSPS) is 10.5. The Hall–Kier alpha value is -0.940. The van der Waals surface area contributed by atoms with E-state index in [-0.39, 0.29) is 12.4 Å². The second kappa shape index (κ2) is 4.81. The molecule has 0 saturated carbocycles. The molecule has 1 rings (SSSR count). The van der Waals surface area contributed by atoms with Gasteiger partial charge in [-0.05, 0) is 0 Å². The molecule has 1 N–H and O–H groups in total. The summed E-state index contributed by atoms with van der Waals surface area (Å²) >= 11 is 0. The van der Waals surface area contributed by atoms with Crippen LogP contribution >= 0.6 is 0 Å². The monoisotopic (exact) mass is 175 g/mol. The van der Waals surface area contributed by atoms with Gasteiger partial charge in [0.05, 0.1) is 14.1 Å². The van der Waals surface area contributed by atoms with Crippen LogP contribution in [0.25, 0.3) is 0 Å². The lowest BCUT2D eigenvalue weighted by atomic mass is 11.0. The van der Waals surface area contributed by atoms with Crippen LogP contribution in [0.2, 0.25) is 0 Å². The molecule has 0 spiro atoms. The van der Waals surface area contributed by atoms with E-state index in [0.717, 1.165) is 4.90 Å². The number of aromatic nitrogens is 3. The summed E-state index contributed by atoms with van der Waals surface area (Å²) in [5.41, 5.74) is 0. The first-order valence-corrected chi connectivity index (χ1v) is 2.98. The van der Waals surface area contributed by atoms with Crippen molar-refractivity contribution in [1.82, 2.24) is 14.9 Å². The summed E-state index contributed by atoms with van der Waals surface area (Å²) < 4.78 is 1.55. The van der Waals surface area contributed by atoms with Gasteiger partial charge in [0.2, 0.25) is 6.34 Å². The van der Waals surface area contributed by atoms with Crippen molar-refractivity contribution in [2.45, 2.75) is 0 Å². The van der Waals surface area contributed by atoms with Gasteiger partial charge in [-0.2, -0.15) is 0 Å². The van der Waals surface area contributed by atoms with E-state index in [1.54, 1.807) is 23.7 Å². The van der Waals surface area contributed by atoms with Crippen molar-refractivity contribution in [2.24, 2.45) is 5.10 Å². The van der Waals surface area contributed by atoms with Gasteiger partial charge in [-0.3, -0.25) is 4.90 Å². The van der Waals surface area contributed by atoms with E-state index in [2.05, 4.69) is 15.3 Å². The van der Waals surface area contributed by atoms with Crippen LogP contribution < -0.4 is 17.3 Å². The number of nitrogens with zero attached hydrogens (tertiary/aromatic N) is 4. The Kier molecular flexibility index (Phi) is 4.40. The van der Waals surface area contributed by atoms with E-state index in [1.807, 2.05) is 14.1 Å². The average molecular weight is 176 g/mol. The Bertz CT molecular complexity index is 205. The Morgan fingerprint density at radius 1 is 1.36 bits per heavy atom. The molecular formula is C5H10ClN5. The molecule has 6 heteroatoms. The lowest BCUT2D eigenvalue weighted by molar-refractivity contribution is -0.750. The maximum Gasteiger partial charge on any atom is 0.206 e. The molecule has 0 radical (unpaired) electrons. The van der Waals surface area contributed by atoms with Gasteiger partial charge >= 0.3 is 0 Å². The third-order valence-electron chi connectivity index (χ3n) is 0.856. The quantitative estimate of drug-likeness (QED) is 0.363. The van der Waals surface area contributed by atoms with Gasteiger partial charge in [-0.25, -0.2) is 4.68 Å². The molecule has 11 heavy (non-hydrogen) atoms. The number of hydrogen-bond donors (Lipinski definition) is 1. The summed E-state index contributed by atoms with van der Waals surface area (Å²) in [4.78, 5) is 1.15. The van der Waals surface area contributed by atoms with Gasteiger partial charge in [0.1, 0.15) is 12.7 Å². The highest BCUT2D eigenvalue weighted by Gasteiger charge is 1.85. The molecule has 0 bridgehead atoms. The van der Waals surface area contributed by atoms with Crippen molar-refractivity contribution in [3.8, 4) is 0 Å². The molecule has 1 aromatic rings. The molecule has 0 saturated heterocycles. The standard InChI is InChI=1S/C5H9N5.ClH/c1-9(2)5-8-10-3-6-7-4-10;/h3-5H,1-2H3;1H/b8-5+;. The molecule has 0 unspecified atom stereocenters. The first-order chi connectivity index (χ1) is 4.79. The zero-order valence-corrected chi connectivity index (χ0v) is 7.15. The van der Waals surface area contributed by atoms with Crippen molar-refractivity contribution in [3.63, 3.8) is 0 Å². The molecule has 5 nitrogen and oxygen atoms in total. The van der Waals surface area contributed by atoms with Crippen LogP contribution in [-0.2, 0) is 0 Å². The number of quaternary nitrogens is 1. The minimum atomic E-state index is 0. The first kappa shape index (κ1) is 10.1. The minimum Gasteiger partial charge on any atom is -1.00 e. The molecule has 0 aromatic carbocycles. The van der Waals surface area contributed by atoms with Crippen LogP contribution in [0.5, 0.6) is 0 Å². The predicted octanol–water partition coefficient (Wildman–Crippen LogP) is -4.78. The summed E-state index contributed by atoms with van der Waals surface area (Å²) in [6.07, 6.45) is 4.84. The Morgan fingerprint density at radius 3 is 2.36 bits per heavy atom. The highest BCUT2D eigenvalue weighted by atomic mass is 35.5. The average Bonchev–Trinajstić information content (AvgIpc) is 2.34. The molecule has 0 aliphatic rings. The van der Waals surface area contributed by atoms with Crippen molar-refractivity contribution in [2.75, 3.05) is 14.1 Å².